The van der Waals surface area contributed by atoms with E-state index in [0.29, 0.717) is 32.2 Å². The topological polar surface area (TPSA) is 113 Å². The first-order valence-corrected chi connectivity index (χ1v) is 10.2. The Balaban J connectivity index is 2.07. The van der Waals surface area contributed by atoms with E-state index >= 15 is 0 Å². The van der Waals surface area contributed by atoms with Crippen LogP contribution in [0.5, 0.6) is 5.88 Å². The van der Waals surface area contributed by atoms with Crippen LogP contribution < -0.4 is 15.4 Å². The Morgan fingerprint density at radius 1 is 1.23 bits per heavy atom. The van der Waals surface area contributed by atoms with Gasteiger partial charge in [0.05, 0.1) is 24.8 Å². The number of nitrogens with zero attached hydrogens (tertiary/aromatic N) is 1. The van der Waals surface area contributed by atoms with Gasteiger partial charge in [0.25, 0.3) is 5.91 Å². The summed E-state index contributed by atoms with van der Waals surface area (Å²) in [4.78, 5) is 29.8. The van der Waals surface area contributed by atoms with Crippen LogP contribution in [0.25, 0.3) is 10.9 Å². The first-order valence-electron chi connectivity index (χ1n) is 9.41. The summed E-state index contributed by atoms with van der Waals surface area (Å²) in [7, 11) is 3.16. The van der Waals surface area contributed by atoms with Crippen molar-refractivity contribution >= 4 is 56.3 Å². The molecule has 3 aromatic rings. The molecule has 0 unspecified atom stereocenters. The number of benzene rings is 2. The standard InChI is InChI=1S/C22H21BrN4O4/c1-4-31-22(29)15-10-12-5-7-16(23)18(19(12)27-21(15)30-3)20(28)26-14-6-8-17(25-2)13(9-14)11-24/h5-11,24-25H,4H2,1-3H3,(H,26,28). The van der Waals surface area contributed by atoms with E-state index in [4.69, 9.17) is 14.9 Å². The minimum absolute atomic E-state index is 0.0718. The minimum atomic E-state index is -0.550. The predicted octanol–water partition coefficient (Wildman–Crippen LogP) is 4.47. The van der Waals surface area contributed by atoms with Crippen molar-refractivity contribution in [2.75, 3.05) is 31.4 Å². The number of methoxy groups -OCH3 is 1. The van der Waals surface area contributed by atoms with Crippen LogP contribution in [0.2, 0.25) is 0 Å². The molecule has 3 N–H and O–H groups in total. The Morgan fingerprint density at radius 2 is 2.00 bits per heavy atom. The molecule has 9 heteroatoms. The van der Waals surface area contributed by atoms with Gasteiger partial charge >= 0.3 is 5.97 Å². The zero-order valence-electron chi connectivity index (χ0n) is 17.2. The summed E-state index contributed by atoms with van der Waals surface area (Å²) in [6.07, 6.45) is 1.21. The number of rotatable bonds is 7. The van der Waals surface area contributed by atoms with E-state index in [9.17, 15) is 9.59 Å². The minimum Gasteiger partial charge on any atom is -0.480 e. The van der Waals surface area contributed by atoms with Crippen LogP contribution in [0.1, 0.15) is 33.2 Å². The van der Waals surface area contributed by atoms with Crippen molar-refractivity contribution in [3.05, 3.63) is 57.6 Å². The second-order valence-electron chi connectivity index (χ2n) is 6.41. The van der Waals surface area contributed by atoms with Gasteiger partial charge in [-0.2, -0.15) is 0 Å². The van der Waals surface area contributed by atoms with Crippen LogP contribution in [-0.2, 0) is 4.74 Å². The largest absolute Gasteiger partial charge is 0.480 e. The molecule has 0 saturated carbocycles. The molecular weight excluding hydrogens is 464 g/mol. The van der Waals surface area contributed by atoms with Crippen molar-refractivity contribution in [1.82, 2.24) is 4.98 Å². The van der Waals surface area contributed by atoms with Gasteiger partial charge in [0.2, 0.25) is 5.88 Å². The van der Waals surface area contributed by atoms with Crippen LogP contribution in [-0.4, -0.2) is 43.8 Å². The third-order valence-electron chi connectivity index (χ3n) is 4.55. The number of halogens is 1. The van der Waals surface area contributed by atoms with Gasteiger partial charge in [0.15, 0.2) is 0 Å². The molecule has 0 radical (unpaired) electrons. The van der Waals surface area contributed by atoms with Crippen molar-refractivity contribution < 1.29 is 19.1 Å². The Hall–Kier alpha value is -3.46. The summed E-state index contributed by atoms with van der Waals surface area (Å²) in [5, 5.41) is 14.0. The number of ether oxygens (including phenoxy) is 2. The number of carbonyl (C=O) groups excluding carboxylic acids is 2. The van der Waals surface area contributed by atoms with Crippen LogP contribution in [0.3, 0.4) is 0 Å². The van der Waals surface area contributed by atoms with Crippen LogP contribution in [0.4, 0.5) is 11.4 Å². The summed E-state index contributed by atoms with van der Waals surface area (Å²) in [6.45, 7) is 1.93. The Labute approximate surface area is 187 Å². The van der Waals surface area contributed by atoms with Gasteiger partial charge in [-0.1, -0.05) is 6.07 Å². The molecule has 31 heavy (non-hydrogen) atoms. The smallest absolute Gasteiger partial charge is 0.343 e. The van der Waals surface area contributed by atoms with Gasteiger partial charge < -0.3 is 25.5 Å². The number of pyridine rings is 1. The van der Waals surface area contributed by atoms with Crippen LogP contribution in [0.15, 0.2) is 40.9 Å². The Morgan fingerprint density at radius 3 is 2.65 bits per heavy atom. The molecule has 0 aliphatic heterocycles. The molecule has 0 fully saturated rings. The molecule has 160 valence electrons. The van der Waals surface area contributed by atoms with Crippen molar-refractivity contribution in [3.63, 3.8) is 0 Å². The van der Waals surface area contributed by atoms with E-state index in [2.05, 4.69) is 31.5 Å². The van der Waals surface area contributed by atoms with Gasteiger partial charge in [0, 0.05) is 40.1 Å². The molecule has 1 heterocycles. The summed E-state index contributed by atoms with van der Waals surface area (Å²) >= 11 is 3.42. The second kappa shape index (κ2) is 9.57. The maximum absolute atomic E-state index is 13.1. The van der Waals surface area contributed by atoms with Crippen LogP contribution >= 0.6 is 15.9 Å². The average molecular weight is 485 g/mol. The lowest BCUT2D eigenvalue weighted by atomic mass is 10.1. The van der Waals surface area contributed by atoms with Crippen molar-refractivity contribution in [1.29, 1.82) is 5.41 Å². The lowest BCUT2D eigenvalue weighted by molar-refractivity contribution is 0.0522. The highest BCUT2D eigenvalue weighted by Gasteiger charge is 2.21. The molecule has 0 atom stereocenters. The number of esters is 1. The highest BCUT2D eigenvalue weighted by molar-refractivity contribution is 9.10. The molecule has 0 spiro atoms. The SMILES string of the molecule is CCOC(=O)c1cc2ccc(Br)c(C(=O)Nc3ccc(NC)c(C=N)c3)c2nc1OC. The number of hydrogen-bond donors (Lipinski definition) is 3. The van der Waals surface area contributed by atoms with E-state index in [-0.39, 0.29) is 18.1 Å². The van der Waals surface area contributed by atoms with Crippen molar-refractivity contribution in [2.24, 2.45) is 0 Å². The fourth-order valence-corrected chi connectivity index (χ4v) is 3.61. The van der Waals surface area contributed by atoms with Crippen molar-refractivity contribution in [2.45, 2.75) is 6.92 Å². The molecule has 3 rings (SSSR count). The van der Waals surface area contributed by atoms with Gasteiger partial charge in [-0.25, -0.2) is 9.78 Å². The summed E-state index contributed by atoms with van der Waals surface area (Å²) in [5.74, 6) is -0.877. The normalized spacial score (nSPS) is 10.5. The van der Waals surface area contributed by atoms with E-state index in [1.807, 2.05) is 0 Å². The summed E-state index contributed by atoms with van der Waals surface area (Å²) in [5.41, 5.74) is 2.79. The summed E-state index contributed by atoms with van der Waals surface area (Å²) < 4.78 is 10.9. The van der Waals surface area contributed by atoms with E-state index in [1.54, 1.807) is 50.4 Å². The lowest BCUT2D eigenvalue weighted by Gasteiger charge is -2.14. The molecule has 0 bridgehead atoms. The van der Waals surface area contributed by atoms with Gasteiger partial charge in [0.1, 0.15) is 5.56 Å². The first-order chi connectivity index (χ1) is 14.9. The number of aromatic nitrogens is 1. The number of anilines is 2. The number of nitrogens with one attached hydrogen (secondary N) is 3. The molecule has 8 nitrogen and oxygen atoms in total. The molecule has 1 amide bonds. The van der Waals surface area contributed by atoms with E-state index < -0.39 is 11.9 Å². The predicted molar refractivity (Wildman–Crippen MR) is 124 cm³/mol. The van der Waals surface area contributed by atoms with E-state index in [1.165, 1.54) is 13.3 Å². The Kier molecular flexibility index (Phi) is 6.86. The third-order valence-corrected chi connectivity index (χ3v) is 5.21. The Bertz CT molecular complexity index is 1180. The number of hydrogen-bond acceptors (Lipinski definition) is 7. The quantitative estimate of drug-likeness (QED) is 0.336. The van der Waals surface area contributed by atoms with E-state index in [0.717, 1.165) is 5.69 Å². The average Bonchev–Trinajstić information content (AvgIpc) is 2.77. The monoisotopic (exact) mass is 484 g/mol. The van der Waals surface area contributed by atoms with Crippen LogP contribution in [0, 0.1) is 5.41 Å². The molecule has 1 aromatic heterocycles. The number of fused-ring (bicyclic) bond motifs is 1. The maximum atomic E-state index is 13.1. The second-order valence-corrected chi connectivity index (χ2v) is 7.26. The number of amides is 1. The van der Waals surface area contributed by atoms with Crippen molar-refractivity contribution in [3.8, 4) is 5.88 Å². The lowest BCUT2D eigenvalue weighted by Crippen LogP contribution is -2.15. The van der Waals surface area contributed by atoms with Gasteiger partial charge in [-0.3, -0.25) is 4.79 Å². The molecule has 0 saturated heterocycles. The highest BCUT2D eigenvalue weighted by Crippen LogP contribution is 2.31. The fraction of sp³-hybridized carbons (Fsp3) is 0.182. The van der Waals surface area contributed by atoms with Gasteiger partial charge in [-0.05, 0) is 53.2 Å². The molecule has 2 aromatic carbocycles. The first kappa shape index (κ1) is 22.2. The fourth-order valence-electron chi connectivity index (χ4n) is 3.11. The highest BCUT2D eigenvalue weighted by atomic mass is 79.9. The molecule has 0 aliphatic carbocycles. The number of carbonyl (C=O) groups is 2. The zero-order chi connectivity index (χ0) is 22.5. The maximum Gasteiger partial charge on any atom is 0.343 e. The van der Waals surface area contributed by atoms with Gasteiger partial charge in [-0.15, -0.1) is 0 Å². The summed E-state index contributed by atoms with van der Waals surface area (Å²) in [6, 6.07) is 10.3. The molecule has 0 aliphatic rings. The third kappa shape index (κ3) is 4.51. The molecular formula is C22H21BrN4O4. The zero-order valence-corrected chi connectivity index (χ0v) is 18.8.